The summed E-state index contributed by atoms with van der Waals surface area (Å²) >= 11 is 0. The van der Waals surface area contributed by atoms with Crippen LogP contribution >= 0.6 is 0 Å². The molecule has 0 aliphatic heterocycles. The first-order valence-electron chi connectivity index (χ1n) is 6.82. The van der Waals surface area contributed by atoms with E-state index < -0.39 is 12.8 Å². The van der Waals surface area contributed by atoms with Crippen LogP contribution in [0.5, 0.6) is 0 Å². The van der Waals surface area contributed by atoms with Gasteiger partial charge in [-0.05, 0) is 38.3 Å². The average molecular weight is 267 g/mol. The topological polar surface area (TPSA) is 21.3 Å². The normalized spacial score (nSPS) is 19.3. The summed E-state index contributed by atoms with van der Waals surface area (Å²) in [6.07, 6.45) is 2.63. The molecule has 0 radical (unpaired) electrons. The van der Waals surface area contributed by atoms with Gasteiger partial charge in [0.15, 0.2) is 0 Å². The molecule has 0 heterocycles. The van der Waals surface area contributed by atoms with E-state index in [1.165, 1.54) is 25.7 Å². The Morgan fingerprint density at radius 2 is 1.94 bits per heavy atom. The van der Waals surface area contributed by atoms with Gasteiger partial charge in [-0.15, -0.1) is 0 Å². The van der Waals surface area contributed by atoms with Gasteiger partial charge in [0.2, 0.25) is 0 Å². The van der Waals surface area contributed by atoms with Crippen molar-refractivity contribution in [2.24, 2.45) is 11.8 Å². The number of rotatable bonds is 8. The van der Waals surface area contributed by atoms with Crippen molar-refractivity contribution >= 4 is 0 Å². The summed E-state index contributed by atoms with van der Waals surface area (Å²) in [5.41, 5.74) is 0. The fourth-order valence-electron chi connectivity index (χ4n) is 2.83. The lowest BCUT2D eigenvalue weighted by atomic mass is 9.87. The second-order valence-electron chi connectivity index (χ2n) is 5.17. The van der Waals surface area contributed by atoms with E-state index in [2.05, 4.69) is 10.1 Å². The minimum absolute atomic E-state index is 0.215. The van der Waals surface area contributed by atoms with Crippen LogP contribution in [0.3, 0.4) is 0 Å². The Balaban J connectivity index is 2.13. The summed E-state index contributed by atoms with van der Waals surface area (Å²) in [6.45, 7) is 0.0590. The van der Waals surface area contributed by atoms with Crippen molar-refractivity contribution in [3.05, 3.63) is 0 Å². The number of nitrogens with one attached hydrogen (secondary N) is 1. The molecule has 0 saturated heterocycles. The maximum Gasteiger partial charge on any atom is 0.411 e. The monoisotopic (exact) mass is 267 g/mol. The van der Waals surface area contributed by atoms with Crippen LogP contribution in [0.25, 0.3) is 0 Å². The summed E-state index contributed by atoms with van der Waals surface area (Å²) < 4.78 is 40.3. The van der Waals surface area contributed by atoms with Crippen molar-refractivity contribution in [2.75, 3.05) is 26.8 Å². The largest absolute Gasteiger partial charge is 0.411 e. The smallest absolute Gasteiger partial charge is 0.372 e. The van der Waals surface area contributed by atoms with Gasteiger partial charge in [0, 0.05) is 6.61 Å². The predicted molar refractivity (Wildman–Crippen MR) is 65.5 cm³/mol. The van der Waals surface area contributed by atoms with Crippen molar-refractivity contribution in [2.45, 2.75) is 44.7 Å². The van der Waals surface area contributed by atoms with Gasteiger partial charge in [-0.1, -0.05) is 25.7 Å². The molecule has 0 spiro atoms. The van der Waals surface area contributed by atoms with E-state index in [4.69, 9.17) is 0 Å². The van der Waals surface area contributed by atoms with Crippen LogP contribution in [0.15, 0.2) is 0 Å². The van der Waals surface area contributed by atoms with Gasteiger partial charge in [0.25, 0.3) is 0 Å². The molecule has 1 atom stereocenters. The molecule has 5 heteroatoms. The standard InChI is InChI=1S/C13H24F3NO/c1-17-9-12(11-5-2-3-6-11)7-4-8-18-10-13(14,15)16/h11-12,17H,2-10H2,1H3. The van der Waals surface area contributed by atoms with Crippen LogP contribution in [-0.4, -0.2) is 33.0 Å². The first kappa shape index (κ1) is 15.8. The Bertz CT molecular complexity index is 215. The second kappa shape index (κ2) is 8.00. The van der Waals surface area contributed by atoms with E-state index in [0.29, 0.717) is 5.92 Å². The highest BCUT2D eigenvalue weighted by Crippen LogP contribution is 2.33. The first-order chi connectivity index (χ1) is 8.53. The van der Waals surface area contributed by atoms with E-state index >= 15 is 0 Å². The third kappa shape index (κ3) is 6.59. The molecule has 2 nitrogen and oxygen atoms in total. The number of hydrogen-bond donors (Lipinski definition) is 1. The maximum absolute atomic E-state index is 11.9. The zero-order valence-corrected chi connectivity index (χ0v) is 11.1. The molecule has 0 aromatic rings. The van der Waals surface area contributed by atoms with E-state index in [-0.39, 0.29) is 6.61 Å². The first-order valence-corrected chi connectivity index (χ1v) is 6.82. The van der Waals surface area contributed by atoms with Crippen LogP contribution in [0.1, 0.15) is 38.5 Å². The number of ether oxygens (including phenoxy) is 1. The van der Waals surface area contributed by atoms with Crippen molar-refractivity contribution in [1.29, 1.82) is 0 Å². The van der Waals surface area contributed by atoms with Gasteiger partial charge in [0.05, 0.1) is 0 Å². The van der Waals surface area contributed by atoms with Gasteiger partial charge in [-0.25, -0.2) is 0 Å². The third-order valence-corrected chi connectivity index (χ3v) is 3.66. The molecule has 1 aliphatic carbocycles. The summed E-state index contributed by atoms with van der Waals surface area (Å²) in [4.78, 5) is 0. The molecule has 0 aromatic carbocycles. The third-order valence-electron chi connectivity index (χ3n) is 3.66. The minimum Gasteiger partial charge on any atom is -0.372 e. The summed E-state index contributed by atoms with van der Waals surface area (Å²) in [7, 11) is 1.93. The average Bonchev–Trinajstić information content (AvgIpc) is 2.79. The van der Waals surface area contributed by atoms with Crippen LogP contribution < -0.4 is 5.32 Å². The Labute approximate surface area is 107 Å². The molecule has 1 rings (SSSR count). The highest BCUT2D eigenvalue weighted by atomic mass is 19.4. The van der Waals surface area contributed by atoms with E-state index in [0.717, 1.165) is 25.3 Å². The lowest BCUT2D eigenvalue weighted by Crippen LogP contribution is -2.25. The summed E-state index contributed by atoms with van der Waals surface area (Å²) in [5.74, 6) is 1.34. The lowest BCUT2D eigenvalue weighted by Gasteiger charge is -2.23. The fourth-order valence-corrected chi connectivity index (χ4v) is 2.83. The Hall–Kier alpha value is -0.290. The van der Waals surface area contributed by atoms with Crippen LogP contribution in [-0.2, 0) is 4.74 Å². The Kier molecular flexibility index (Phi) is 7.00. The van der Waals surface area contributed by atoms with Gasteiger partial charge in [0.1, 0.15) is 6.61 Å². The molecular weight excluding hydrogens is 243 g/mol. The molecule has 0 bridgehead atoms. The zero-order chi connectivity index (χ0) is 13.4. The molecule has 0 aromatic heterocycles. The van der Waals surface area contributed by atoms with Crippen LogP contribution in [0.4, 0.5) is 13.2 Å². The molecule has 1 aliphatic rings. The van der Waals surface area contributed by atoms with E-state index in [9.17, 15) is 13.2 Å². The number of hydrogen-bond acceptors (Lipinski definition) is 2. The molecule has 1 saturated carbocycles. The Morgan fingerprint density at radius 3 is 2.50 bits per heavy atom. The Morgan fingerprint density at radius 1 is 1.28 bits per heavy atom. The molecule has 1 N–H and O–H groups in total. The molecule has 18 heavy (non-hydrogen) atoms. The number of alkyl halides is 3. The lowest BCUT2D eigenvalue weighted by molar-refractivity contribution is -0.174. The summed E-state index contributed by atoms with van der Waals surface area (Å²) in [6, 6.07) is 0. The van der Waals surface area contributed by atoms with Gasteiger partial charge in [-0.2, -0.15) is 13.2 Å². The number of halogens is 3. The van der Waals surface area contributed by atoms with E-state index in [1.54, 1.807) is 0 Å². The molecule has 1 unspecified atom stereocenters. The summed E-state index contributed by atoms with van der Waals surface area (Å²) in [5, 5.41) is 3.19. The van der Waals surface area contributed by atoms with Crippen molar-refractivity contribution in [1.82, 2.24) is 5.32 Å². The maximum atomic E-state index is 11.9. The van der Waals surface area contributed by atoms with Crippen molar-refractivity contribution in [3.63, 3.8) is 0 Å². The van der Waals surface area contributed by atoms with Gasteiger partial charge < -0.3 is 10.1 Å². The van der Waals surface area contributed by atoms with E-state index in [1.807, 2.05) is 7.05 Å². The van der Waals surface area contributed by atoms with Crippen molar-refractivity contribution in [3.8, 4) is 0 Å². The molecule has 108 valence electrons. The molecule has 1 fully saturated rings. The van der Waals surface area contributed by atoms with Gasteiger partial charge >= 0.3 is 6.18 Å². The quantitative estimate of drug-likeness (QED) is 0.681. The van der Waals surface area contributed by atoms with Gasteiger partial charge in [-0.3, -0.25) is 0 Å². The van der Waals surface area contributed by atoms with Crippen LogP contribution in [0, 0.1) is 11.8 Å². The fraction of sp³-hybridized carbons (Fsp3) is 1.00. The SMILES string of the molecule is CNCC(CCCOCC(F)(F)F)C1CCCC1. The van der Waals surface area contributed by atoms with Crippen molar-refractivity contribution < 1.29 is 17.9 Å². The highest BCUT2D eigenvalue weighted by molar-refractivity contribution is 4.76. The predicted octanol–water partition coefficient (Wildman–Crippen LogP) is 3.37. The molecular formula is C13H24F3NO. The minimum atomic E-state index is -4.20. The zero-order valence-electron chi connectivity index (χ0n) is 11.1. The molecule has 0 amide bonds. The highest BCUT2D eigenvalue weighted by Gasteiger charge is 2.27. The second-order valence-corrected chi connectivity index (χ2v) is 5.17. The van der Waals surface area contributed by atoms with Crippen LogP contribution in [0.2, 0.25) is 0 Å².